The van der Waals surface area contributed by atoms with Crippen LogP contribution in [0.5, 0.6) is 0 Å². The Balaban J connectivity index is 1.91. The molecule has 7 nitrogen and oxygen atoms in total. The maximum absolute atomic E-state index is 10.7. The van der Waals surface area contributed by atoms with Gasteiger partial charge in [0.15, 0.2) is 6.29 Å². The van der Waals surface area contributed by atoms with Crippen LogP contribution in [-0.4, -0.2) is 70.9 Å². The number of aliphatic hydroxyl groups excluding tert-OH is 2. The number of aliphatic hydroxyl groups is 3. The van der Waals surface area contributed by atoms with E-state index in [0.29, 0.717) is 18.4 Å². The van der Waals surface area contributed by atoms with Crippen LogP contribution < -0.4 is 5.73 Å². The Kier molecular flexibility index (Phi) is 7.69. The van der Waals surface area contributed by atoms with Crippen molar-refractivity contribution in [3.8, 4) is 0 Å². The Labute approximate surface area is 163 Å². The molecule has 0 aromatic carbocycles. The summed E-state index contributed by atoms with van der Waals surface area (Å²) in [7, 11) is 0. The Morgan fingerprint density at radius 1 is 1.33 bits per heavy atom. The van der Waals surface area contributed by atoms with Gasteiger partial charge in [-0.2, -0.15) is 0 Å². The molecule has 1 aliphatic carbocycles. The Hall–Kier alpha value is -0.280. The quantitative estimate of drug-likeness (QED) is 0.421. The third kappa shape index (κ3) is 6.35. The molecule has 160 valence electrons. The molecule has 1 heterocycles. The van der Waals surface area contributed by atoms with Gasteiger partial charge < -0.3 is 35.3 Å². The van der Waals surface area contributed by atoms with E-state index in [2.05, 4.69) is 6.92 Å². The van der Waals surface area contributed by atoms with Crippen molar-refractivity contribution in [1.29, 1.82) is 0 Å². The lowest BCUT2D eigenvalue weighted by atomic mass is 9.90. The molecule has 5 unspecified atom stereocenters. The molecule has 0 spiro atoms. The number of rotatable bonds is 11. The van der Waals surface area contributed by atoms with Gasteiger partial charge in [-0.25, -0.2) is 0 Å². The van der Waals surface area contributed by atoms with Gasteiger partial charge in [-0.1, -0.05) is 13.3 Å². The minimum Gasteiger partial charge on any atom is -0.393 e. The van der Waals surface area contributed by atoms with Crippen molar-refractivity contribution in [2.24, 2.45) is 11.1 Å². The minimum atomic E-state index is -1.61. The van der Waals surface area contributed by atoms with Gasteiger partial charge in [-0.3, -0.25) is 0 Å². The third-order valence-corrected chi connectivity index (χ3v) is 6.06. The average molecular weight is 390 g/mol. The second-order valence-corrected chi connectivity index (χ2v) is 9.27. The second-order valence-electron chi connectivity index (χ2n) is 9.27. The van der Waals surface area contributed by atoms with Crippen molar-refractivity contribution >= 4 is 0 Å². The molecule has 5 atom stereocenters. The Morgan fingerprint density at radius 3 is 2.52 bits per heavy atom. The molecule has 0 amide bonds. The van der Waals surface area contributed by atoms with E-state index in [-0.39, 0.29) is 19.1 Å². The van der Waals surface area contributed by atoms with Crippen molar-refractivity contribution in [2.75, 3.05) is 19.8 Å². The molecular formula is C20H39NO6. The molecule has 0 bridgehead atoms. The Morgan fingerprint density at radius 2 is 2.00 bits per heavy atom. The summed E-state index contributed by atoms with van der Waals surface area (Å²) >= 11 is 0. The van der Waals surface area contributed by atoms with Crippen LogP contribution >= 0.6 is 0 Å². The first-order valence-corrected chi connectivity index (χ1v) is 10.2. The summed E-state index contributed by atoms with van der Waals surface area (Å²) in [6.45, 7) is 8.10. The Bertz CT molecular complexity index is 467. The van der Waals surface area contributed by atoms with E-state index in [4.69, 9.17) is 19.9 Å². The molecule has 1 aliphatic heterocycles. The van der Waals surface area contributed by atoms with Crippen LogP contribution in [0.25, 0.3) is 0 Å². The zero-order chi connectivity index (χ0) is 20.3. The first-order chi connectivity index (χ1) is 12.5. The fourth-order valence-electron chi connectivity index (χ4n) is 3.93. The summed E-state index contributed by atoms with van der Waals surface area (Å²) in [6.07, 6.45) is 2.56. The number of hydrogen-bond donors (Lipinski definition) is 4. The molecule has 2 aliphatic rings. The first kappa shape index (κ1) is 23.0. The normalized spacial score (nSPS) is 34.4. The smallest absolute Gasteiger partial charge is 0.189 e. The van der Waals surface area contributed by atoms with Crippen LogP contribution in [0.3, 0.4) is 0 Å². The highest BCUT2D eigenvalue weighted by atomic mass is 16.7. The number of hydrogen-bond acceptors (Lipinski definition) is 7. The highest BCUT2D eigenvalue weighted by molar-refractivity contribution is 4.94. The summed E-state index contributed by atoms with van der Waals surface area (Å²) in [5.74, 6) is 0. The van der Waals surface area contributed by atoms with Crippen molar-refractivity contribution in [1.82, 2.24) is 0 Å². The summed E-state index contributed by atoms with van der Waals surface area (Å²) in [5, 5.41) is 30.7. The number of nitrogens with two attached hydrogens (primary N) is 1. The maximum Gasteiger partial charge on any atom is 0.189 e. The molecule has 0 radical (unpaired) electrons. The zero-order valence-electron chi connectivity index (χ0n) is 17.3. The van der Waals surface area contributed by atoms with Gasteiger partial charge in [0, 0.05) is 12.5 Å². The van der Waals surface area contributed by atoms with Gasteiger partial charge in [-0.15, -0.1) is 0 Å². The molecule has 0 aromatic rings. The van der Waals surface area contributed by atoms with Crippen molar-refractivity contribution in [3.05, 3.63) is 0 Å². The molecule has 0 aromatic heterocycles. The van der Waals surface area contributed by atoms with E-state index < -0.39 is 36.3 Å². The van der Waals surface area contributed by atoms with Gasteiger partial charge in [0.2, 0.25) is 0 Å². The van der Waals surface area contributed by atoms with Gasteiger partial charge in [-0.05, 0) is 51.9 Å². The van der Waals surface area contributed by atoms with E-state index in [1.165, 1.54) is 12.8 Å². The topological polar surface area (TPSA) is 114 Å². The van der Waals surface area contributed by atoms with E-state index in [1.54, 1.807) is 0 Å². The summed E-state index contributed by atoms with van der Waals surface area (Å²) in [5.41, 5.74) is 4.17. The molecule has 1 saturated heterocycles. The van der Waals surface area contributed by atoms with Crippen molar-refractivity contribution < 1.29 is 29.5 Å². The fraction of sp³-hybridized carbons (Fsp3) is 1.00. The van der Waals surface area contributed by atoms with Crippen LogP contribution in [0, 0.1) is 5.41 Å². The molecule has 2 fully saturated rings. The summed E-state index contributed by atoms with van der Waals surface area (Å²) in [6, 6.07) is 0.000991. The van der Waals surface area contributed by atoms with E-state index >= 15 is 0 Å². The third-order valence-electron chi connectivity index (χ3n) is 6.06. The molecule has 1 saturated carbocycles. The van der Waals surface area contributed by atoms with E-state index in [0.717, 1.165) is 12.8 Å². The second kappa shape index (κ2) is 9.03. The predicted molar refractivity (Wildman–Crippen MR) is 102 cm³/mol. The van der Waals surface area contributed by atoms with Crippen molar-refractivity contribution in [2.45, 2.75) is 102 Å². The van der Waals surface area contributed by atoms with Crippen molar-refractivity contribution in [3.63, 3.8) is 0 Å². The van der Waals surface area contributed by atoms with Crippen LogP contribution in [0.1, 0.15) is 66.2 Å². The van der Waals surface area contributed by atoms with Crippen LogP contribution in [0.4, 0.5) is 0 Å². The SMILES string of the molecule is CCC1(CCOC2OC(COC(C)(C)CC(C)N)C(O)CC2(O)CO)CC1. The zero-order valence-corrected chi connectivity index (χ0v) is 17.3. The monoisotopic (exact) mass is 389 g/mol. The maximum atomic E-state index is 10.7. The lowest BCUT2D eigenvalue weighted by molar-refractivity contribution is -0.319. The highest BCUT2D eigenvalue weighted by Crippen LogP contribution is 2.51. The van der Waals surface area contributed by atoms with E-state index in [1.807, 2.05) is 20.8 Å². The lowest BCUT2D eigenvalue weighted by Crippen LogP contribution is -2.60. The van der Waals surface area contributed by atoms with Gasteiger partial charge >= 0.3 is 0 Å². The lowest BCUT2D eigenvalue weighted by Gasteiger charge is -2.44. The molecule has 27 heavy (non-hydrogen) atoms. The van der Waals surface area contributed by atoms with Crippen LogP contribution in [-0.2, 0) is 14.2 Å². The summed E-state index contributed by atoms with van der Waals surface area (Å²) in [4.78, 5) is 0. The summed E-state index contributed by atoms with van der Waals surface area (Å²) < 4.78 is 17.6. The fourth-order valence-corrected chi connectivity index (χ4v) is 3.93. The van der Waals surface area contributed by atoms with E-state index in [9.17, 15) is 15.3 Å². The van der Waals surface area contributed by atoms with Gasteiger partial charge in [0.1, 0.15) is 11.7 Å². The highest BCUT2D eigenvalue weighted by Gasteiger charge is 2.49. The average Bonchev–Trinajstić information content (AvgIpc) is 3.35. The minimum absolute atomic E-state index is 0.000991. The van der Waals surface area contributed by atoms with Gasteiger partial charge in [0.05, 0.1) is 31.5 Å². The first-order valence-electron chi connectivity index (χ1n) is 10.2. The molecule has 7 heteroatoms. The van der Waals surface area contributed by atoms with Crippen LogP contribution in [0.2, 0.25) is 0 Å². The van der Waals surface area contributed by atoms with Crippen LogP contribution in [0.15, 0.2) is 0 Å². The van der Waals surface area contributed by atoms with Gasteiger partial charge in [0.25, 0.3) is 0 Å². The number of ether oxygens (including phenoxy) is 3. The largest absolute Gasteiger partial charge is 0.393 e. The molecular weight excluding hydrogens is 350 g/mol. The molecule has 2 rings (SSSR count). The standard InChI is InChI=1S/C20H39NO6/c1-5-19(6-7-19)8-9-25-17-20(24,13-22)11-15(23)16(27-17)12-26-18(3,4)10-14(2)21/h14-17,22-24H,5-13,21H2,1-4H3. The predicted octanol–water partition coefficient (Wildman–Crippen LogP) is 1.32. The molecule has 5 N–H and O–H groups in total.